The van der Waals surface area contributed by atoms with Crippen LogP contribution < -0.4 is 5.32 Å². The summed E-state index contributed by atoms with van der Waals surface area (Å²) in [6, 6.07) is 10.3. The first-order chi connectivity index (χ1) is 13.2. The highest BCUT2D eigenvalue weighted by molar-refractivity contribution is 6.32. The van der Waals surface area contributed by atoms with E-state index >= 15 is 0 Å². The van der Waals surface area contributed by atoms with Gasteiger partial charge in [0, 0.05) is 11.8 Å². The van der Waals surface area contributed by atoms with Crippen molar-refractivity contribution < 1.29 is 27.5 Å². The number of rotatable bonds is 5. The zero-order valence-electron chi connectivity index (χ0n) is 14.1. The summed E-state index contributed by atoms with van der Waals surface area (Å²) in [5.74, 6) is -1.47. The molecule has 9 heteroatoms. The van der Waals surface area contributed by atoms with Crippen molar-refractivity contribution in [2.75, 3.05) is 11.9 Å². The summed E-state index contributed by atoms with van der Waals surface area (Å²) in [5.41, 5.74) is 0.137. The summed E-state index contributed by atoms with van der Waals surface area (Å²) in [7, 11) is 0. The third kappa shape index (κ3) is 6.14. The molecule has 0 unspecified atom stereocenters. The normalized spacial score (nSPS) is 11.1. The highest BCUT2D eigenvalue weighted by atomic mass is 35.5. The zero-order valence-corrected chi connectivity index (χ0v) is 14.8. The fourth-order valence-corrected chi connectivity index (χ4v) is 2.24. The van der Waals surface area contributed by atoms with Crippen molar-refractivity contribution in [2.24, 2.45) is 0 Å². The lowest BCUT2D eigenvalue weighted by molar-refractivity contribution is -0.142. The number of anilines is 1. The predicted molar refractivity (Wildman–Crippen MR) is 96.2 cm³/mol. The van der Waals surface area contributed by atoms with Crippen molar-refractivity contribution in [2.45, 2.75) is 6.18 Å². The third-order valence-corrected chi connectivity index (χ3v) is 3.68. The van der Waals surface area contributed by atoms with Gasteiger partial charge in [0.25, 0.3) is 5.91 Å². The maximum absolute atomic E-state index is 12.5. The molecule has 2 rings (SSSR count). The molecule has 0 fully saturated rings. The molecular formula is C19H12ClF3N2O3. The molecule has 1 N–H and O–H groups in total. The largest absolute Gasteiger partial charge is 0.452 e. The van der Waals surface area contributed by atoms with E-state index in [1.165, 1.54) is 36.4 Å². The second-order valence-corrected chi connectivity index (χ2v) is 5.82. The van der Waals surface area contributed by atoms with Crippen LogP contribution in [0.1, 0.15) is 16.7 Å². The van der Waals surface area contributed by atoms with E-state index in [0.717, 1.165) is 18.2 Å². The summed E-state index contributed by atoms with van der Waals surface area (Å²) in [5, 5.41) is 11.4. The number of amides is 1. The standard InChI is InChI=1S/C19H12ClF3N2O3/c20-16-9-15(7-4-13(16)10-24)25-17(26)11-28-18(27)8-3-12-1-5-14(6-2-12)19(21,22)23/h1-9H,11H2,(H,25,26)/b8-3+. The summed E-state index contributed by atoms with van der Waals surface area (Å²) >= 11 is 5.84. The van der Waals surface area contributed by atoms with Crippen molar-refractivity contribution in [1.29, 1.82) is 5.26 Å². The van der Waals surface area contributed by atoms with Crippen LogP contribution in [-0.4, -0.2) is 18.5 Å². The first-order valence-corrected chi connectivity index (χ1v) is 8.08. The molecule has 0 heterocycles. The minimum atomic E-state index is -4.44. The predicted octanol–water partition coefficient (Wildman–Crippen LogP) is 4.43. The van der Waals surface area contributed by atoms with Gasteiger partial charge in [-0.05, 0) is 42.0 Å². The number of benzene rings is 2. The van der Waals surface area contributed by atoms with E-state index < -0.39 is 30.2 Å². The number of hydrogen-bond donors (Lipinski definition) is 1. The monoisotopic (exact) mass is 408 g/mol. The summed E-state index contributed by atoms with van der Waals surface area (Å²) in [4.78, 5) is 23.4. The molecule has 0 saturated carbocycles. The van der Waals surface area contributed by atoms with Crippen molar-refractivity contribution in [3.05, 3.63) is 70.3 Å². The molecule has 0 aliphatic rings. The minimum Gasteiger partial charge on any atom is -0.452 e. The van der Waals surface area contributed by atoms with Gasteiger partial charge in [0.05, 0.1) is 16.1 Å². The van der Waals surface area contributed by atoms with E-state index in [1.807, 2.05) is 6.07 Å². The van der Waals surface area contributed by atoms with E-state index in [0.29, 0.717) is 11.3 Å². The quantitative estimate of drug-likeness (QED) is 0.586. The Morgan fingerprint density at radius 1 is 1.18 bits per heavy atom. The second-order valence-electron chi connectivity index (χ2n) is 5.42. The van der Waals surface area contributed by atoms with Crippen LogP contribution >= 0.6 is 11.6 Å². The second kappa shape index (κ2) is 9.06. The van der Waals surface area contributed by atoms with E-state index in [9.17, 15) is 22.8 Å². The SMILES string of the molecule is N#Cc1ccc(NC(=O)COC(=O)/C=C/c2ccc(C(F)(F)F)cc2)cc1Cl. The molecule has 0 aliphatic carbocycles. The Morgan fingerprint density at radius 3 is 2.43 bits per heavy atom. The lowest BCUT2D eigenvalue weighted by atomic mass is 10.1. The molecule has 1 amide bonds. The van der Waals surface area contributed by atoms with Crippen molar-refractivity contribution in [1.82, 2.24) is 0 Å². The fourth-order valence-electron chi connectivity index (χ4n) is 2.01. The van der Waals surface area contributed by atoms with Gasteiger partial charge in [-0.3, -0.25) is 4.79 Å². The Hall–Kier alpha value is -3.31. The van der Waals surface area contributed by atoms with Crippen molar-refractivity contribution in [3.8, 4) is 6.07 Å². The average Bonchev–Trinajstić information content (AvgIpc) is 2.64. The molecule has 144 valence electrons. The first kappa shape index (κ1) is 21.0. The Balaban J connectivity index is 1.84. The Bertz CT molecular complexity index is 948. The molecule has 0 spiro atoms. The number of ether oxygens (including phenoxy) is 1. The lowest BCUT2D eigenvalue weighted by Crippen LogP contribution is -2.20. The van der Waals surface area contributed by atoms with Gasteiger partial charge in [0.1, 0.15) is 6.07 Å². The maximum Gasteiger partial charge on any atom is 0.416 e. The van der Waals surface area contributed by atoms with Gasteiger partial charge in [-0.1, -0.05) is 23.7 Å². The summed E-state index contributed by atoms with van der Waals surface area (Å²) in [6.07, 6.45) is -2.18. The molecule has 0 bridgehead atoms. The zero-order chi connectivity index (χ0) is 20.7. The number of carbonyl (C=O) groups excluding carboxylic acids is 2. The van der Waals surface area contributed by atoms with Gasteiger partial charge in [-0.25, -0.2) is 4.79 Å². The van der Waals surface area contributed by atoms with Crippen LogP contribution in [0.2, 0.25) is 5.02 Å². The minimum absolute atomic E-state index is 0.164. The number of hydrogen-bond acceptors (Lipinski definition) is 4. The van der Waals surface area contributed by atoms with Crippen LogP contribution in [0.3, 0.4) is 0 Å². The number of nitriles is 1. The van der Waals surface area contributed by atoms with Gasteiger partial charge in [0.2, 0.25) is 0 Å². The van der Waals surface area contributed by atoms with Crippen LogP contribution in [0.15, 0.2) is 48.5 Å². The number of carbonyl (C=O) groups is 2. The Labute approximate surface area is 163 Å². The molecule has 2 aromatic carbocycles. The number of alkyl halides is 3. The van der Waals surface area contributed by atoms with Crippen LogP contribution in [0.5, 0.6) is 0 Å². The van der Waals surface area contributed by atoms with E-state index in [-0.39, 0.29) is 10.6 Å². The molecule has 0 aliphatic heterocycles. The van der Waals surface area contributed by atoms with Gasteiger partial charge in [0.15, 0.2) is 6.61 Å². The highest BCUT2D eigenvalue weighted by Gasteiger charge is 2.29. The smallest absolute Gasteiger partial charge is 0.416 e. The lowest BCUT2D eigenvalue weighted by Gasteiger charge is -2.06. The van der Waals surface area contributed by atoms with Gasteiger partial charge >= 0.3 is 12.1 Å². The van der Waals surface area contributed by atoms with E-state index in [2.05, 4.69) is 5.32 Å². The number of nitrogens with one attached hydrogen (secondary N) is 1. The third-order valence-electron chi connectivity index (χ3n) is 3.37. The van der Waals surface area contributed by atoms with Crippen LogP contribution in [0, 0.1) is 11.3 Å². The fraction of sp³-hybridized carbons (Fsp3) is 0.105. The summed E-state index contributed by atoms with van der Waals surface area (Å²) in [6.45, 7) is -0.576. The Kier molecular flexibility index (Phi) is 6.79. The van der Waals surface area contributed by atoms with E-state index in [1.54, 1.807) is 0 Å². The molecule has 0 aromatic heterocycles. The van der Waals surface area contributed by atoms with Crippen LogP contribution in [0.4, 0.5) is 18.9 Å². The molecular weight excluding hydrogens is 397 g/mol. The summed E-state index contributed by atoms with van der Waals surface area (Å²) < 4.78 is 42.2. The van der Waals surface area contributed by atoms with E-state index in [4.69, 9.17) is 21.6 Å². The molecule has 2 aromatic rings. The molecule has 0 radical (unpaired) electrons. The van der Waals surface area contributed by atoms with Crippen LogP contribution in [-0.2, 0) is 20.5 Å². The topological polar surface area (TPSA) is 79.2 Å². The molecule has 0 atom stereocenters. The molecule has 5 nitrogen and oxygen atoms in total. The van der Waals surface area contributed by atoms with Crippen LogP contribution in [0.25, 0.3) is 6.08 Å². The maximum atomic E-state index is 12.5. The van der Waals surface area contributed by atoms with Gasteiger partial charge in [-0.15, -0.1) is 0 Å². The molecule has 0 saturated heterocycles. The van der Waals surface area contributed by atoms with Crippen molar-refractivity contribution in [3.63, 3.8) is 0 Å². The first-order valence-electron chi connectivity index (χ1n) is 7.70. The van der Waals surface area contributed by atoms with Crippen molar-refractivity contribution >= 4 is 35.2 Å². The van der Waals surface area contributed by atoms with Gasteiger partial charge in [-0.2, -0.15) is 18.4 Å². The Morgan fingerprint density at radius 2 is 1.86 bits per heavy atom. The highest BCUT2D eigenvalue weighted by Crippen LogP contribution is 2.29. The number of nitrogens with zero attached hydrogens (tertiary/aromatic N) is 1. The average molecular weight is 409 g/mol. The van der Waals surface area contributed by atoms with Gasteiger partial charge < -0.3 is 10.1 Å². The number of halogens is 4. The molecule has 28 heavy (non-hydrogen) atoms. The number of esters is 1.